The van der Waals surface area contributed by atoms with E-state index in [4.69, 9.17) is 10.6 Å². The van der Waals surface area contributed by atoms with Crippen molar-refractivity contribution in [3.8, 4) is 5.75 Å². The summed E-state index contributed by atoms with van der Waals surface area (Å²) in [7, 11) is 3.35. The molecule has 0 radical (unpaired) electrons. The van der Waals surface area contributed by atoms with Gasteiger partial charge in [0.1, 0.15) is 0 Å². The number of halogens is 1. The summed E-state index contributed by atoms with van der Waals surface area (Å²) in [4.78, 5) is 0. The first kappa shape index (κ1) is 15.5. The maximum Gasteiger partial charge on any atom is 0.165 e. The summed E-state index contributed by atoms with van der Waals surface area (Å²) in [6.07, 6.45) is 0.647. The van der Waals surface area contributed by atoms with Crippen LogP contribution in [0, 0.1) is 19.7 Å². The van der Waals surface area contributed by atoms with E-state index in [1.165, 1.54) is 13.2 Å². The number of aromatic nitrogens is 2. The average Bonchev–Trinajstić information content (AvgIpc) is 2.70. The Morgan fingerprint density at radius 1 is 1.43 bits per heavy atom. The van der Waals surface area contributed by atoms with Crippen molar-refractivity contribution in [2.24, 2.45) is 12.9 Å². The van der Waals surface area contributed by atoms with Gasteiger partial charge in [-0.25, -0.2) is 4.39 Å². The predicted molar refractivity (Wildman–Crippen MR) is 79.4 cm³/mol. The summed E-state index contributed by atoms with van der Waals surface area (Å²) in [6.45, 7) is 3.97. The Kier molecular flexibility index (Phi) is 4.59. The highest BCUT2D eigenvalue weighted by Gasteiger charge is 2.18. The molecule has 0 aliphatic heterocycles. The van der Waals surface area contributed by atoms with Crippen molar-refractivity contribution in [3.63, 3.8) is 0 Å². The lowest BCUT2D eigenvalue weighted by Gasteiger charge is -2.17. The second-order valence-electron chi connectivity index (χ2n) is 5.09. The van der Waals surface area contributed by atoms with E-state index in [0.717, 1.165) is 22.5 Å². The predicted octanol–water partition coefficient (Wildman–Crippen LogP) is 1.93. The van der Waals surface area contributed by atoms with E-state index in [2.05, 4.69) is 10.5 Å². The molecule has 114 valence electrons. The normalized spacial score (nSPS) is 12.5. The van der Waals surface area contributed by atoms with Gasteiger partial charge < -0.3 is 4.74 Å². The number of hydrogen-bond acceptors (Lipinski definition) is 4. The van der Waals surface area contributed by atoms with Gasteiger partial charge in [-0.3, -0.25) is 16.0 Å². The molecule has 0 aliphatic carbocycles. The lowest BCUT2D eigenvalue weighted by Crippen LogP contribution is -2.30. The third-order valence-electron chi connectivity index (χ3n) is 3.85. The molecule has 3 N–H and O–H groups in total. The Morgan fingerprint density at radius 3 is 2.62 bits per heavy atom. The van der Waals surface area contributed by atoms with E-state index in [9.17, 15) is 4.39 Å². The van der Waals surface area contributed by atoms with Crippen LogP contribution in [0.2, 0.25) is 0 Å². The Labute approximate surface area is 123 Å². The number of benzene rings is 1. The van der Waals surface area contributed by atoms with Gasteiger partial charge in [-0.1, -0.05) is 6.07 Å². The maximum atomic E-state index is 13.8. The highest BCUT2D eigenvalue weighted by atomic mass is 19.1. The van der Waals surface area contributed by atoms with Crippen LogP contribution in [0.5, 0.6) is 5.75 Å². The topological polar surface area (TPSA) is 65.1 Å². The zero-order chi connectivity index (χ0) is 15.6. The fraction of sp³-hybridized carbons (Fsp3) is 0.400. The number of rotatable bonds is 5. The molecule has 0 fully saturated rings. The van der Waals surface area contributed by atoms with Crippen LogP contribution >= 0.6 is 0 Å². The van der Waals surface area contributed by atoms with Gasteiger partial charge in [-0.15, -0.1) is 0 Å². The summed E-state index contributed by atoms with van der Waals surface area (Å²) >= 11 is 0. The van der Waals surface area contributed by atoms with Crippen LogP contribution in [0.15, 0.2) is 18.2 Å². The van der Waals surface area contributed by atoms with Crippen molar-refractivity contribution in [2.45, 2.75) is 26.3 Å². The summed E-state index contributed by atoms with van der Waals surface area (Å²) < 4.78 is 20.6. The zero-order valence-electron chi connectivity index (χ0n) is 12.8. The van der Waals surface area contributed by atoms with E-state index in [1.54, 1.807) is 6.07 Å². The van der Waals surface area contributed by atoms with Crippen LogP contribution in [-0.2, 0) is 13.5 Å². The fourth-order valence-corrected chi connectivity index (χ4v) is 2.49. The van der Waals surface area contributed by atoms with Gasteiger partial charge in [0.15, 0.2) is 11.6 Å². The summed E-state index contributed by atoms with van der Waals surface area (Å²) in [6, 6.07) is 4.68. The van der Waals surface area contributed by atoms with Crippen molar-refractivity contribution < 1.29 is 9.13 Å². The van der Waals surface area contributed by atoms with Gasteiger partial charge in [-0.05, 0) is 43.5 Å². The molecule has 2 rings (SSSR count). The first-order chi connectivity index (χ1) is 9.97. The largest absolute Gasteiger partial charge is 0.494 e. The number of nitrogens with zero attached hydrogens (tertiary/aromatic N) is 2. The number of hydrogen-bond donors (Lipinski definition) is 2. The number of aryl methyl sites for hydroxylation is 2. The van der Waals surface area contributed by atoms with Crippen LogP contribution in [-0.4, -0.2) is 16.9 Å². The summed E-state index contributed by atoms with van der Waals surface area (Å²) in [5.74, 6) is 5.48. The van der Waals surface area contributed by atoms with Crippen LogP contribution in [0.4, 0.5) is 4.39 Å². The standard InChI is InChI=1S/C15H21FN4O/c1-9-12(10(2)20(3)19-9)8-14(18-17)11-5-6-15(21-4)13(16)7-11/h5-7,14,18H,8,17H2,1-4H3. The molecule has 1 atom stereocenters. The maximum absolute atomic E-state index is 13.8. The minimum atomic E-state index is -0.394. The number of ether oxygens (including phenoxy) is 1. The molecular weight excluding hydrogens is 271 g/mol. The van der Waals surface area contributed by atoms with Crippen molar-refractivity contribution in [2.75, 3.05) is 7.11 Å². The van der Waals surface area contributed by atoms with Gasteiger partial charge in [0, 0.05) is 12.7 Å². The molecule has 0 spiro atoms. The van der Waals surface area contributed by atoms with Gasteiger partial charge in [0.05, 0.1) is 18.8 Å². The molecular formula is C15H21FN4O. The van der Waals surface area contributed by atoms with Crippen LogP contribution < -0.4 is 16.0 Å². The third kappa shape index (κ3) is 3.06. The van der Waals surface area contributed by atoms with Crippen molar-refractivity contribution in [1.82, 2.24) is 15.2 Å². The molecule has 21 heavy (non-hydrogen) atoms. The first-order valence-electron chi connectivity index (χ1n) is 6.76. The van der Waals surface area contributed by atoms with E-state index in [1.807, 2.05) is 31.6 Å². The molecule has 0 bridgehead atoms. The monoisotopic (exact) mass is 292 g/mol. The number of hydrazine groups is 1. The smallest absolute Gasteiger partial charge is 0.165 e. The quantitative estimate of drug-likeness (QED) is 0.653. The van der Waals surface area contributed by atoms with Crippen molar-refractivity contribution in [1.29, 1.82) is 0 Å². The zero-order valence-corrected chi connectivity index (χ0v) is 12.8. The Morgan fingerprint density at radius 2 is 2.14 bits per heavy atom. The molecule has 2 aromatic rings. The molecule has 6 heteroatoms. The highest BCUT2D eigenvalue weighted by molar-refractivity contribution is 5.33. The van der Waals surface area contributed by atoms with Gasteiger partial charge in [0.2, 0.25) is 0 Å². The molecule has 0 aliphatic rings. The molecule has 5 nitrogen and oxygen atoms in total. The average molecular weight is 292 g/mol. The highest BCUT2D eigenvalue weighted by Crippen LogP contribution is 2.25. The lowest BCUT2D eigenvalue weighted by molar-refractivity contribution is 0.385. The fourth-order valence-electron chi connectivity index (χ4n) is 2.49. The molecule has 0 saturated heterocycles. The second kappa shape index (κ2) is 6.24. The van der Waals surface area contributed by atoms with Crippen LogP contribution in [0.1, 0.15) is 28.6 Å². The molecule has 1 aromatic carbocycles. The molecule has 1 aromatic heterocycles. The molecule has 0 amide bonds. The van der Waals surface area contributed by atoms with Crippen LogP contribution in [0.25, 0.3) is 0 Å². The van der Waals surface area contributed by atoms with Gasteiger partial charge >= 0.3 is 0 Å². The van der Waals surface area contributed by atoms with E-state index < -0.39 is 5.82 Å². The molecule has 0 saturated carbocycles. The van der Waals surface area contributed by atoms with Crippen LogP contribution in [0.3, 0.4) is 0 Å². The van der Waals surface area contributed by atoms with Gasteiger partial charge in [-0.2, -0.15) is 5.10 Å². The summed E-state index contributed by atoms with van der Waals surface area (Å²) in [5, 5.41) is 4.39. The summed E-state index contributed by atoms with van der Waals surface area (Å²) in [5.41, 5.74) is 6.70. The minimum Gasteiger partial charge on any atom is -0.494 e. The minimum absolute atomic E-state index is 0.188. The SMILES string of the molecule is COc1ccc(C(Cc2c(C)nn(C)c2C)NN)cc1F. The molecule has 1 unspecified atom stereocenters. The van der Waals surface area contributed by atoms with E-state index in [-0.39, 0.29) is 11.8 Å². The van der Waals surface area contributed by atoms with Crippen molar-refractivity contribution >= 4 is 0 Å². The molecule has 1 heterocycles. The third-order valence-corrected chi connectivity index (χ3v) is 3.85. The van der Waals surface area contributed by atoms with E-state index >= 15 is 0 Å². The number of nitrogens with two attached hydrogens (primary N) is 1. The van der Waals surface area contributed by atoms with E-state index in [0.29, 0.717) is 6.42 Å². The number of methoxy groups -OCH3 is 1. The van der Waals surface area contributed by atoms with Crippen molar-refractivity contribution in [3.05, 3.63) is 46.5 Å². The number of nitrogens with one attached hydrogen (secondary N) is 1. The Bertz CT molecular complexity index is 639. The van der Waals surface area contributed by atoms with Gasteiger partial charge in [0.25, 0.3) is 0 Å². The Hall–Kier alpha value is -1.92. The lowest BCUT2D eigenvalue weighted by atomic mass is 9.98. The first-order valence-corrected chi connectivity index (χ1v) is 6.76. The second-order valence-corrected chi connectivity index (χ2v) is 5.09. The Balaban J connectivity index is 2.30.